The molecule has 2 aromatic carbocycles. The first kappa shape index (κ1) is 44.2. The van der Waals surface area contributed by atoms with Gasteiger partial charge in [0, 0.05) is 23.4 Å². The molecular formula is C52H71ClN2O6. The lowest BCUT2D eigenvalue weighted by molar-refractivity contribution is -0.269. The van der Waals surface area contributed by atoms with Crippen molar-refractivity contribution in [1.29, 1.82) is 0 Å². The number of urea groups is 1. The number of benzene rings is 2. The summed E-state index contributed by atoms with van der Waals surface area (Å²) >= 11 is 6.16. The van der Waals surface area contributed by atoms with Crippen molar-refractivity contribution >= 4 is 35.4 Å². The summed E-state index contributed by atoms with van der Waals surface area (Å²) < 4.78 is 0. The maximum absolute atomic E-state index is 15.2. The second-order valence-electron chi connectivity index (χ2n) is 23.2. The molecule has 6 saturated carbocycles. The Morgan fingerprint density at radius 2 is 1.43 bits per heavy atom. The summed E-state index contributed by atoms with van der Waals surface area (Å²) in [5.74, 6) is -1.33. The third kappa shape index (κ3) is 6.01. The van der Waals surface area contributed by atoms with Gasteiger partial charge in [0.1, 0.15) is 5.78 Å². The summed E-state index contributed by atoms with van der Waals surface area (Å²) in [7, 11) is 0. The summed E-state index contributed by atoms with van der Waals surface area (Å²) in [4.78, 5) is 55.2. The summed E-state index contributed by atoms with van der Waals surface area (Å²) in [6.45, 7) is 20.9. The number of carbonyl (C=O) groups is 4. The molecular weight excluding hydrogens is 784 g/mol. The van der Waals surface area contributed by atoms with Crippen LogP contribution in [-0.2, 0) is 27.3 Å². The van der Waals surface area contributed by atoms with E-state index in [0.29, 0.717) is 36.2 Å². The fourth-order valence-corrected chi connectivity index (χ4v) is 17.5. The van der Waals surface area contributed by atoms with Gasteiger partial charge in [-0.15, -0.1) is 0 Å². The molecule has 332 valence electrons. The highest BCUT2D eigenvalue weighted by atomic mass is 35.5. The van der Waals surface area contributed by atoms with Gasteiger partial charge in [0.15, 0.2) is 0 Å². The first-order valence-corrected chi connectivity index (χ1v) is 23.7. The molecule has 0 heterocycles. The van der Waals surface area contributed by atoms with Gasteiger partial charge < -0.3 is 20.8 Å². The lowest BCUT2D eigenvalue weighted by atomic mass is 9.29. The third-order valence-corrected chi connectivity index (χ3v) is 20.8. The normalized spacial score (nSPS) is 41.9. The Balaban J connectivity index is 1.15. The molecule has 2 unspecified atom stereocenters. The minimum absolute atomic E-state index is 0.0280. The van der Waals surface area contributed by atoms with Crippen molar-refractivity contribution < 1.29 is 29.4 Å². The predicted octanol–water partition coefficient (Wildman–Crippen LogP) is 11.2. The maximum Gasteiger partial charge on any atom is 0.315 e. The van der Waals surface area contributed by atoms with Crippen LogP contribution < -0.4 is 10.6 Å². The Bertz CT molecular complexity index is 2090. The highest BCUT2D eigenvalue weighted by molar-refractivity contribution is 6.30. The fraction of sp³-hybridized carbons (Fsp3) is 0.692. The molecule has 2 aromatic rings. The highest BCUT2D eigenvalue weighted by Crippen LogP contribution is 2.80. The Labute approximate surface area is 369 Å². The number of rotatable bonds is 9. The number of ketones is 1. The lowest BCUT2D eigenvalue weighted by Gasteiger charge is -2.75. The molecule has 0 saturated heterocycles. The van der Waals surface area contributed by atoms with Crippen molar-refractivity contribution in [2.24, 2.45) is 79.3 Å². The molecule has 9 heteroatoms. The molecule has 8 rings (SSSR count). The van der Waals surface area contributed by atoms with Crippen molar-refractivity contribution in [3.63, 3.8) is 0 Å². The van der Waals surface area contributed by atoms with Crippen LogP contribution >= 0.6 is 11.6 Å². The average molecular weight is 856 g/mol. The number of carboxylic acids is 2. The Morgan fingerprint density at radius 3 is 2.03 bits per heavy atom. The Kier molecular flexibility index (Phi) is 10.6. The number of nitrogens with one attached hydrogen (secondary N) is 2. The van der Waals surface area contributed by atoms with Crippen molar-refractivity contribution in [2.45, 2.75) is 145 Å². The zero-order valence-corrected chi connectivity index (χ0v) is 38.9. The van der Waals surface area contributed by atoms with Gasteiger partial charge in [0.25, 0.3) is 0 Å². The topological polar surface area (TPSA) is 133 Å². The van der Waals surface area contributed by atoms with Gasteiger partial charge in [-0.2, -0.15) is 0 Å². The largest absolute Gasteiger partial charge is 0.481 e. The predicted molar refractivity (Wildman–Crippen MR) is 239 cm³/mol. The van der Waals surface area contributed by atoms with Crippen LogP contribution in [0.5, 0.6) is 0 Å². The van der Waals surface area contributed by atoms with Crippen LogP contribution in [0, 0.1) is 79.3 Å². The van der Waals surface area contributed by atoms with Crippen LogP contribution in [0.4, 0.5) is 4.79 Å². The monoisotopic (exact) mass is 855 g/mol. The summed E-state index contributed by atoms with van der Waals surface area (Å²) in [6, 6.07) is 17.8. The third-order valence-electron chi connectivity index (χ3n) is 20.5. The number of hydrogen-bond donors (Lipinski definition) is 4. The van der Waals surface area contributed by atoms with E-state index < -0.39 is 39.6 Å². The van der Waals surface area contributed by atoms with E-state index in [2.05, 4.69) is 83.4 Å². The van der Waals surface area contributed by atoms with Gasteiger partial charge in [0.05, 0.1) is 16.9 Å². The minimum Gasteiger partial charge on any atom is -0.481 e. The molecule has 6 aliphatic carbocycles. The van der Waals surface area contributed by atoms with E-state index >= 15 is 4.79 Å². The van der Waals surface area contributed by atoms with E-state index in [-0.39, 0.29) is 63.6 Å². The van der Waals surface area contributed by atoms with Crippen molar-refractivity contribution in [2.75, 3.05) is 0 Å². The van der Waals surface area contributed by atoms with Gasteiger partial charge in [-0.05, 0) is 150 Å². The van der Waals surface area contributed by atoms with Crippen LogP contribution in [0.1, 0.15) is 138 Å². The first-order valence-electron chi connectivity index (χ1n) is 23.3. The number of amides is 2. The van der Waals surface area contributed by atoms with E-state index in [4.69, 9.17) is 11.6 Å². The molecule has 0 aromatic heterocycles. The Morgan fingerprint density at radius 1 is 0.770 bits per heavy atom. The Hall–Kier alpha value is -3.39. The van der Waals surface area contributed by atoms with Crippen LogP contribution in [0.25, 0.3) is 0 Å². The van der Waals surface area contributed by atoms with E-state index in [1.54, 1.807) is 0 Å². The standard InChI is InChI=1S/C52H71ClN2O6/c1-31(2)51(27-32-13-11-10-12-14-32)40(56)29-50(55-44(61)54-30-33-15-17-34(53)18-16-33)26-25-48(8)35(41(50)51)19-20-39-47(7)23-21-38(45(3,4)37(47)22-24-49(39,48)9)52(43(59)60)28-36(42(57)58)46(52,5)6/h10-18,31,35-39,41H,19-30H2,1-9H3,(H,57,58)(H,59,60)(H2,54,55,61)/t35-,36-,37+,38-,39+,41?,47+,48+,49+,50+,51?,52+/m0/s1. The van der Waals surface area contributed by atoms with Crippen molar-refractivity contribution in [1.82, 2.24) is 10.6 Å². The molecule has 61 heavy (non-hydrogen) atoms. The van der Waals surface area contributed by atoms with Gasteiger partial charge in [-0.1, -0.05) is 116 Å². The molecule has 0 spiro atoms. The number of carbonyl (C=O) groups excluding carboxylic acids is 2. The van der Waals surface area contributed by atoms with Crippen LogP contribution in [0.15, 0.2) is 54.6 Å². The second kappa shape index (κ2) is 14.6. The molecule has 6 fully saturated rings. The van der Waals surface area contributed by atoms with Crippen LogP contribution in [0.3, 0.4) is 0 Å². The van der Waals surface area contributed by atoms with Gasteiger partial charge in [-0.3, -0.25) is 14.4 Å². The number of carboxylic acid groups (broad SMARTS) is 2. The maximum atomic E-state index is 15.2. The van der Waals surface area contributed by atoms with Gasteiger partial charge in [-0.25, -0.2) is 4.79 Å². The highest BCUT2D eigenvalue weighted by Gasteiger charge is 2.78. The summed E-state index contributed by atoms with van der Waals surface area (Å²) in [5, 5.41) is 28.5. The van der Waals surface area contributed by atoms with Crippen molar-refractivity contribution in [3.8, 4) is 0 Å². The quantitative estimate of drug-likeness (QED) is 0.199. The van der Waals surface area contributed by atoms with Crippen LogP contribution in [0.2, 0.25) is 5.02 Å². The number of fused-ring (bicyclic) bond motifs is 7. The van der Waals surface area contributed by atoms with E-state index in [9.17, 15) is 24.6 Å². The van der Waals surface area contributed by atoms with E-state index in [1.807, 2.05) is 44.2 Å². The average Bonchev–Trinajstić information content (AvgIpc) is 3.42. The van der Waals surface area contributed by atoms with Gasteiger partial charge in [0.2, 0.25) is 0 Å². The molecule has 4 N–H and O–H groups in total. The lowest BCUT2D eigenvalue weighted by Crippen LogP contribution is -2.72. The summed E-state index contributed by atoms with van der Waals surface area (Å²) in [6.07, 6.45) is 8.58. The number of Topliss-reactive ketones (excluding diaryl/α,β-unsaturated/α-hetero) is 1. The van der Waals surface area contributed by atoms with E-state index in [1.165, 1.54) is 0 Å². The SMILES string of the molecule is CC(C)C1(Cc2ccccc2)C(=O)C[C@]2(NC(=O)NCc3ccc(Cl)cc3)CC[C@]3(C)[C@@H](CC[C@@H]4[C@]5(C)CC[C@H]([C@@]6(C(=O)O)C[C@@H](C(=O)O)C6(C)C)C(C)(C)[C@H]5CC[C@]43C)C12. The smallest absolute Gasteiger partial charge is 0.315 e. The summed E-state index contributed by atoms with van der Waals surface area (Å²) in [5.41, 5.74) is -1.63. The van der Waals surface area contributed by atoms with E-state index in [0.717, 1.165) is 62.5 Å². The number of aliphatic carboxylic acids is 2. The number of halogens is 1. The molecule has 0 bridgehead atoms. The molecule has 0 aliphatic heterocycles. The molecule has 0 radical (unpaired) electrons. The zero-order valence-electron chi connectivity index (χ0n) is 38.1. The second-order valence-corrected chi connectivity index (χ2v) is 23.6. The minimum atomic E-state index is -1.08. The molecule has 6 aliphatic rings. The zero-order chi connectivity index (χ0) is 44.3. The number of hydrogen-bond acceptors (Lipinski definition) is 4. The molecule has 8 nitrogen and oxygen atoms in total. The van der Waals surface area contributed by atoms with Crippen LogP contribution in [-0.4, -0.2) is 39.5 Å². The fourth-order valence-electron chi connectivity index (χ4n) is 17.4. The van der Waals surface area contributed by atoms with Crippen molar-refractivity contribution in [3.05, 3.63) is 70.7 Å². The van der Waals surface area contributed by atoms with Gasteiger partial charge >= 0.3 is 18.0 Å². The molecule has 2 amide bonds. The molecule has 12 atom stereocenters. The first-order chi connectivity index (χ1) is 28.5.